The average molecular weight is 756 g/mol. The van der Waals surface area contributed by atoms with E-state index in [1.807, 2.05) is 4.90 Å². The van der Waals surface area contributed by atoms with Crippen LogP contribution in [0.5, 0.6) is 0 Å². The molecule has 0 aliphatic carbocycles. The molecule has 53 heavy (non-hydrogen) atoms. The molecule has 2 aromatic carbocycles. The number of aromatic nitrogens is 1. The number of nitrogens with zero attached hydrogens (tertiary/aromatic N) is 2. The molecule has 3 aromatic rings. The minimum absolute atomic E-state index is 0.0101. The first kappa shape index (κ1) is 41.5. The molecule has 290 valence electrons. The highest BCUT2D eigenvalue weighted by atomic mass is 19.4. The Morgan fingerprint density at radius 3 is 2.19 bits per heavy atom. The Kier molecular flexibility index (Phi) is 13.9. The lowest BCUT2D eigenvalue weighted by Gasteiger charge is -2.38. The van der Waals surface area contributed by atoms with Crippen LogP contribution in [0.4, 0.5) is 30.7 Å². The van der Waals surface area contributed by atoms with Gasteiger partial charge in [0.25, 0.3) is 5.56 Å². The van der Waals surface area contributed by atoms with Crippen LogP contribution >= 0.6 is 0 Å². The molecular formula is C38H44F7N3O5. The van der Waals surface area contributed by atoms with Crippen molar-refractivity contribution < 1.29 is 50.2 Å². The Morgan fingerprint density at radius 1 is 0.906 bits per heavy atom. The lowest BCUT2D eigenvalue weighted by molar-refractivity contribution is -0.140. The second kappa shape index (κ2) is 17.7. The number of methoxy groups -OCH3 is 1. The molecule has 0 radical (unpaired) electrons. The van der Waals surface area contributed by atoms with E-state index in [2.05, 4.69) is 0 Å². The summed E-state index contributed by atoms with van der Waals surface area (Å²) in [6, 6.07) is 6.70. The third-order valence-corrected chi connectivity index (χ3v) is 9.72. The fourth-order valence-corrected chi connectivity index (χ4v) is 6.84. The molecule has 8 nitrogen and oxygen atoms in total. The van der Waals surface area contributed by atoms with Gasteiger partial charge in [-0.05, 0) is 84.5 Å². The number of aliphatic carboxylic acids is 1. The van der Waals surface area contributed by atoms with Crippen molar-refractivity contribution in [2.75, 3.05) is 26.7 Å². The molecule has 15 heteroatoms. The number of amides is 1. The van der Waals surface area contributed by atoms with Crippen molar-refractivity contribution in [2.24, 2.45) is 5.73 Å². The van der Waals surface area contributed by atoms with Gasteiger partial charge in [0.15, 0.2) is 0 Å². The van der Waals surface area contributed by atoms with Crippen molar-refractivity contribution in [3.63, 3.8) is 0 Å². The molecule has 1 aliphatic heterocycles. The lowest BCUT2D eigenvalue weighted by Crippen LogP contribution is -2.52. The standard InChI is InChI=1S/C38H44F7N3O5/c1-23-9-8-11-24(34(23)27-17-25(13-14-33(50)51)35(39)30(18-27)38(43,44)45)10-6-4-3-5-7-12-31(36(46)52)48-20-26(15-16-47-21-28(22-47)53-2)29(19-32(48)49)37(40,41)42/h8-9,11,17-20,28,31H,3-7,10,12-16,21-22H2,1-2H3,(H2,46,52)(H,50,51). The predicted octanol–water partition coefficient (Wildman–Crippen LogP) is 7.50. The smallest absolute Gasteiger partial charge is 0.419 e. The van der Waals surface area contributed by atoms with Crippen LogP contribution in [0, 0.1) is 12.7 Å². The molecule has 0 saturated carbocycles. The molecule has 1 fully saturated rings. The number of nitrogens with two attached hydrogens (primary N) is 1. The van der Waals surface area contributed by atoms with Gasteiger partial charge in [-0.25, -0.2) is 4.39 Å². The van der Waals surface area contributed by atoms with Crippen LogP contribution in [0.15, 0.2) is 47.4 Å². The number of carbonyl (C=O) groups is 2. The number of hydrogen-bond acceptors (Lipinski definition) is 5. The summed E-state index contributed by atoms with van der Waals surface area (Å²) in [4.78, 5) is 38.3. The molecular weight excluding hydrogens is 711 g/mol. The number of aryl methyl sites for hydroxylation is 3. The summed E-state index contributed by atoms with van der Waals surface area (Å²) in [7, 11) is 1.56. The van der Waals surface area contributed by atoms with Gasteiger partial charge < -0.3 is 20.1 Å². The van der Waals surface area contributed by atoms with Crippen molar-refractivity contribution in [1.29, 1.82) is 0 Å². The number of primary amides is 1. The van der Waals surface area contributed by atoms with E-state index in [1.54, 1.807) is 32.2 Å². The second-order valence-electron chi connectivity index (χ2n) is 13.5. The molecule has 3 N–H and O–H groups in total. The number of benzene rings is 2. The average Bonchev–Trinajstić information content (AvgIpc) is 3.04. The molecule has 1 unspecified atom stereocenters. The maximum atomic E-state index is 14.8. The molecule has 1 amide bonds. The van der Waals surface area contributed by atoms with Gasteiger partial charge in [-0.2, -0.15) is 26.3 Å². The van der Waals surface area contributed by atoms with E-state index in [9.17, 15) is 45.1 Å². The lowest BCUT2D eigenvalue weighted by atomic mass is 9.89. The van der Waals surface area contributed by atoms with Crippen molar-refractivity contribution >= 4 is 11.9 Å². The number of carboxylic acids is 1. The zero-order valence-corrected chi connectivity index (χ0v) is 29.6. The Hall–Kier alpha value is -4.24. The highest BCUT2D eigenvalue weighted by molar-refractivity contribution is 5.78. The number of pyridine rings is 1. The van der Waals surface area contributed by atoms with E-state index in [0.717, 1.165) is 22.4 Å². The molecule has 1 aliphatic rings. The van der Waals surface area contributed by atoms with Crippen LogP contribution in [0.25, 0.3) is 11.1 Å². The Labute approximate surface area is 302 Å². The monoisotopic (exact) mass is 755 g/mol. The summed E-state index contributed by atoms with van der Waals surface area (Å²) in [6.07, 6.45) is -5.84. The number of rotatable bonds is 18. The molecule has 4 rings (SSSR count). The van der Waals surface area contributed by atoms with E-state index in [4.69, 9.17) is 15.6 Å². The highest BCUT2D eigenvalue weighted by Gasteiger charge is 2.37. The van der Waals surface area contributed by atoms with Crippen LogP contribution in [0.3, 0.4) is 0 Å². The summed E-state index contributed by atoms with van der Waals surface area (Å²) >= 11 is 0. The number of likely N-dealkylation sites (tertiary alicyclic amines) is 1. The van der Waals surface area contributed by atoms with E-state index in [-0.39, 0.29) is 35.6 Å². The van der Waals surface area contributed by atoms with Crippen molar-refractivity contribution in [3.8, 4) is 11.1 Å². The van der Waals surface area contributed by atoms with Crippen LogP contribution in [-0.2, 0) is 45.9 Å². The number of carboxylic acid groups (broad SMARTS) is 1. The second-order valence-corrected chi connectivity index (χ2v) is 13.5. The van der Waals surface area contributed by atoms with E-state index in [1.165, 1.54) is 6.07 Å². The van der Waals surface area contributed by atoms with E-state index >= 15 is 0 Å². The maximum Gasteiger partial charge on any atom is 0.419 e. The number of ether oxygens (including phenoxy) is 1. The summed E-state index contributed by atoms with van der Waals surface area (Å²) in [5.41, 5.74) is 3.80. The van der Waals surface area contributed by atoms with E-state index in [0.29, 0.717) is 75.4 Å². The molecule has 2 heterocycles. The molecule has 0 spiro atoms. The summed E-state index contributed by atoms with van der Waals surface area (Å²) in [5.74, 6) is -3.58. The Balaban J connectivity index is 1.39. The normalized spacial score (nSPS) is 14.7. The van der Waals surface area contributed by atoms with Gasteiger partial charge in [-0.3, -0.25) is 19.3 Å². The zero-order chi connectivity index (χ0) is 39.1. The summed E-state index contributed by atoms with van der Waals surface area (Å²) in [5, 5.41) is 9.04. The van der Waals surface area contributed by atoms with Gasteiger partial charge in [0.2, 0.25) is 5.91 Å². The quantitative estimate of drug-likeness (QED) is 0.103. The van der Waals surface area contributed by atoms with Crippen LogP contribution in [-0.4, -0.2) is 59.3 Å². The first-order chi connectivity index (χ1) is 24.9. The predicted molar refractivity (Wildman–Crippen MR) is 184 cm³/mol. The van der Waals surface area contributed by atoms with Gasteiger partial charge >= 0.3 is 18.3 Å². The number of hydrogen-bond donors (Lipinski definition) is 2. The van der Waals surface area contributed by atoms with Gasteiger partial charge in [-0.15, -0.1) is 0 Å². The number of alkyl halides is 6. The fourth-order valence-electron chi connectivity index (χ4n) is 6.84. The topological polar surface area (TPSA) is 115 Å². The third kappa shape index (κ3) is 10.9. The SMILES string of the molecule is COC1CN(CCc2cn(C(CCCCCCCc3cccc(C)c3-c3cc(CCC(=O)O)c(F)c(C(F)(F)F)c3)C(N)=O)c(=O)cc2C(F)(F)F)C1. The third-order valence-electron chi connectivity index (χ3n) is 9.72. The Morgan fingerprint density at radius 2 is 1.57 bits per heavy atom. The Bertz CT molecular complexity index is 1820. The summed E-state index contributed by atoms with van der Waals surface area (Å²) < 4.78 is 104. The molecule has 1 atom stereocenters. The van der Waals surface area contributed by atoms with Gasteiger partial charge in [0.05, 0.1) is 17.2 Å². The number of unbranched alkanes of at least 4 members (excludes halogenated alkanes) is 4. The van der Waals surface area contributed by atoms with Crippen molar-refractivity contribution in [1.82, 2.24) is 9.47 Å². The van der Waals surface area contributed by atoms with Gasteiger partial charge in [0, 0.05) is 45.4 Å². The number of halogens is 7. The van der Waals surface area contributed by atoms with Crippen molar-refractivity contribution in [2.45, 2.75) is 95.6 Å². The van der Waals surface area contributed by atoms with Gasteiger partial charge in [-0.1, -0.05) is 43.9 Å². The van der Waals surface area contributed by atoms with E-state index < -0.39 is 65.6 Å². The van der Waals surface area contributed by atoms with Crippen molar-refractivity contribution in [3.05, 3.63) is 92.1 Å². The molecule has 1 saturated heterocycles. The highest BCUT2D eigenvalue weighted by Crippen LogP contribution is 2.39. The van der Waals surface area contributed by atoms with Crippen LogP contribution in [0.2, 0.25) is 0 Å². The first-order valence-electron chi connectivity index (χ1n) is 17.5. The molecule has 0 bridgehead atoms. The fraction of sp³-hybridized carbons (Fsp3) is 0.500. The van der Waals surface area contributed by atoms with Gasteiger partial charge in [0.1, 0.15) is 11.9 Å². The van der Waals surface area contributed by atoms with Crippen LogP contribution in [0.1, 0.15) is 84.4 Å². The minimum atomic E-state index is -4.99. The summed E-state index contributed by atoms with van der Waals surface area (Å²) in [6.45, 7) is 3.22. The molecule has 1 aromatic heterocycles. The zero-order valence-electron chi connectivity index (χ0n) is 29.6. The first-order valence-corrected chi connectivity index (χ1v) is 17.5. The maximum absolute atomic E-state index is 14.8. The number of carbonyl (C=O) groups excluding carboxylic acids is 1. The largest absolute Gasteiger partial charge is 0.481 e. The minimum Gasteiger partial charge on any atom is -0.481 e. The van der Waals surface area contributed by atoms with Crippen LogP contribution < -0.4 is 11.3 Å².